The van der Waals surface area contributed by atoms with Crippen LogP contribution in [0.25, 0.3) is 66.1 Å². The molecule has 0 spiro atoms. The number of hydrogen-bond donors (Lipinski definition) is 0. The molecule has 4 heterocycles. The summed E-state index contributed by atoms with van der Waals surface area (Å²) >= 11 is 4.06. The molecule has 0 radical (unpaired) electrons. The van der Waals surface area contributed by atoms with Crippen LogP contribution in [0.3, 0.4) is 0 Å². The van der Waals surface area contributed by atoms with Gasteiger partial charge in [0.05, 0.1) is 33.5 Å². The number of benzene rings is 5. The molecule has 4 aliphatic rings. The largest absolute Gasteiger partial charge is 0.309 e. The number of thioether (sulfide) groups is 2. The van der Waals surface area contributed by atoms with Crippen LogP contribution in [0.2, 0.25) is 0 Å². The Morgan fingerprint density at radius 3 is 2.12 bits per heavy atom. The predicted octanol–water partition coefficient (Wildman–Crippen LogP) is 13.0. The first-order valence-corrected chi connectivity index (χ1v) is 20.3. The summed E-state index contributed by atoms with van der Waals surface area (Å²) in [6.45, 7) is 4.56. The molecular formula is C48H36N2S2. The minimum absolute atomic E-state index is 0.387. The van der Waals surface area contributed by atoms with E-state index in [0.29, 0.717) is 16.4 Å². The Kier molecular flexibility index (Phi) is 7.00. The third kappa shape index (κ3) is 4.54. The monoisotopic (exact) mass is 704 g/mol. The molecule has 5 aromatic carbocycles. The number of nitrogens with zero attached hydrogens (tertiary/aromatic N) is 2. The van der Waals surface area contributed by atoms with Gasteiger partial charge in [0, 0.05) is 42.9 Å². The lowest BCUT2D eigenvalue weighted by Gasteiger charge is -2.28. The van der Waals surface area contributed by atoms with Gasteiger partial charge in [-0.15, -0.1) is 11.8 Å². The molecule has 0 amide bonds. The molecule has 0 N–H and O–H groups in total. The van der Waals surface area contributed by atoms with Crippen LogP contribution < -0.4 is 0 Å². The first-order chi connectivity index (χ1) is 25.7. The van der Waals surface area contributed by atoms with Gasteiger partial charge < -0.3 is 9.13 Å². The summed E-state index contributed by atoms with van der Waals surface area (Å²) in [4.78, 5) is 1.39. The van der Waals surface area contributed by atoms with E-state index in [9.17, 15) is 0 Å². The Hall–Kier alpha value is -5.16. The fourth-order valence-corrected chi connectivity index (χ4v) is 11.7. The topological polar surface area (TPSA) is 9.86 Å². The van der Waals surface area contributed by atoms with Gasteiger partial charge in [0.15, 0.2) is 0 Å². The molecule has 2 aliphatic carbocycles. The first-order valence-electron chi connectivity index (χ1n) is 18.3. The van der Waals surface area contributed by atoms with E-state index < -0.39 is 0 Å². The zero-order chi connectivity index (χ0) is 34.3. The summed E-state index contributed by atoms with van der Waals surface area (Å²) in [7, 11) is 0. The van der Waals surface area contributed by atoms with Gasteiger partial charge in [-0.3, -0.25) is 0 Å². The lowest BCUT2D eigenvalue weighted by molar-refractivity contribution is 0.867. The number of para-hydroxylation sites is 2. The molecule has 0 saturated heterocycles. The summed E-state index contributed by atoms with van der Waals surface area (Å²) in [6.07, 6.45) is 20.5. The highest BCUT2D eigenvalue weighted by molar-refractivity contribution is 8.00. The number of aromatic nitrogens is 2. The highest BCUT2D eigenvalue weighted by Gasteiger charge is 2.34. The predicted molar refractivity (Wildman–Crippen MR) is 226 cm³/mol. The van der Waals surface area contributed by atoms with Gasteiger partial charge in [-0.25, -0.2) is 0 Å². The van der Waals surface area contributed by atoms with E-state index in [-0.39, 0.29) is 0 Å². The van der Waals surface area contributed by atoms with E-state index in [1.165, 1.54) is 82.2 Å². The smallest absolute Gasteiger partial charge is 0.0541 e. The zero-order valence-corrected chi connectivity index (χ0v) is 30.3. The Morgan fingerprint density at radius 2 is 1.33 bits per heavy atom. The average Bonchev–Trinajstić information content (AvgIpc) is 3.84. The van der Waals surface area contributed by atoms with Crippen LogP contribution in [0.5, 0.6) is 0 Å². The maximum Gasteiger partial charge on any atom is 0.0541 e. The Bertz CT molecular complexity index is 2820. The van der Waals surface area contributed by atoms with Crippen molar-refractivity contribution in [3.63, 3.8) is 0 Å². The van der Waals surface area contributed by atoms with E-state index in [4.69, 9.17) is 0 Å². The van der Waals surface area contributed by atoms with E-state index in [1.807, 2.05) is 11.8 Å². The lowest BCUT2D eigenvalue weighted by atomic mass is 9.91. The number of fused-ring (bicyclic) bond motifs is 10. The molecule has 3 unspecified atom stereocenters. The van der Waals surface area contributed by atoms with Gasteiger partial charge in [-0.05, 0) is 101 Å². The van der Waals surface area contributed by atoms with Crippen molar-refractivity contribution in [2.24, 2.45) is 0 Å². The van der Waals surface area contributed by atoms with Gasteiger partial charge in [0.2, 0.25) is 0 Å². The third-order valence-electron chi connectivity index (χ3n) is 11.4. The van der Waals surface area contributed by atoms with Crippen molar-refractivity contribution in [2.45, 2.75) is 34.2 Å². The fraction of sp³-hybridized carbons (Fsp3) is 0.125. The Balaban J connectivity index is 1.09. The molecule has 2 aromatic heterocycles. The molecule has 2 nitrogen and oxygen atoms in total. The standard InChI is InChI=1S/C48H36N2S2/c1-30-12-8-9-27-51-45-21-10-18-42(47(30)45)49-38-16-5-2-13-33(38)36-28-31(23-25-40(36)49)32-24-26-41-37(29-32)34-14-3-6-17-39(34)50(41)43-19-11-22-46-48(43)35-15-4-7-20-44(35)52-46/h2-8,10-20,22-26,28-29,35,44-45H,1,9,21,27H2/b12-8-. The molecule has 52 heavy (non-hydrogen) atoms. The third-order valence-corrected chi connectivity index (χ3v) is 14.0. The number of allylic oxidation sites excluding steroid dienone is 9. The number of rotatable bonds is 3. The molecule has 2 aliphatic heterocycles. The quantitative estimate of drug-likeness (QED) is 0.181. The van der Waals surface area contributed by atoms with Crippen molar-refractivity contribution in [1.29, 1.82) is 0 Å². The van der Waals surface area contributed by atoms with E-state index in [2.05, 4.69) is 179 Å². The Labute approximate surface area is 312 Å². The molecule has 7 aromatic rings. The van der Waals surface area contributed by atoms with Crippen molar-refractivity contribution >= 4 is 72.8 Å². The van der Waals surface area contributed by atoms with Crippen LogP contribution in [0, 0.1) is 0 Å². The second-order valence-corrected chi connectivity index (χ2v) is 16.8. The maximum absolute atomic E-state index is 4.56. The van der Waals surface area contributed by atoms with Crippen molar-refractivity contribution in [3.05, 3.63) is 175 Å². The molecule has 0 bridgehead atoms. The average molecular weight is 705 g/mol. The molecule has 0 saturated carbocycles. The van der Waals surface area contributed by atoms with Crippen LogP contribution >= 0.6 is 23.5 Å². The summed E-state index contributed by atoms with van der Waals surface area (Å²) in [5.41, 5.74) is 13.9. The van der Waals surface area contributed by atoms with Crippen molar-refractivity contribution in [3.8, 4) is 16.8 Å². The second-order valence-electron chi connectivity index (χ2n) is 14.2. The van der Waals surface area contributed by atoms with Gasteiger partial charge in [0.1, 0.15) is 0 Å². The molecule has 0 fully saturated rings. The van der Waals surface area contributed by atoms with Crippen LogP contribution in [0.1, 0.15) is 24.3 Å². The van der Waals surface area contributed by atoms with Crippen LogP contribution in [-0.4, -0.2) is 25.4 Å². The van der Waals surface area contributed by atoms with E-state index >= 15 is 0 Å². The lowest BCUT2D eigenvalue weighted by Crippen LogP contribution is -2.16. The highest BCUT2D eigenvalue weighted by atomic mass is 32.2. The molecule has 11 rings (SSSR count). The summed E-state index contributed by atoms with van der Waals surface area (Å²) in [5, 5.41) is 6.01. The molecule has 250 valence electrons. The van der Waals surface area contributed by atoms with E-state index in [0.717, 1.165) is 24.2 Å². The minimum atomic E-state index is 0.387. The van der Waals surface area contributed by atoms with Gasteiger partial charge >= 0.3 is 0 Å². The molecule has 3 atom stereocenters. The normalized spacial score (nSPS) is 21.5. The van der Waals surface area contributed by atoms with Gasteiger partial charge in [0.25, 0.3) is 0 Å². The molecular weight excluding hydrogens is 669 g/mol. The van der Waals surface area contributed by atoms with Gasteiger partial charge in [-0.2, -0.15) is 11.8 Å². The SMILES string of the molecule is C=C1/C=C\CCSC2CC=CC(n3c4ccccc4c4cc(-c5ccc6c(c5)c5ccccc5n6-c5cccc6c5C5C=CC=CC5S6)ccc43)=C12. The van der Waals surface area contributed by atoms with Crippen LogP contribution in [0.4, 0.5) is 0 Å². The highest BCUT2D eigenvalue weighted by Crippen LogP contribution is 2.51. The fourth-order valence-electron chi connectivity index (χ4n) is 9.08. The zero-order valence-electron chi connectivity index (χ0n) is 28.7. The van der Waals surface area contributed by atoms with Crippen LogP contribution in [0.15, 0.2) is 174 Å². The van der Waals surface area contributed by atoms with Crippen molar-refractivity contribution in [1.82, 2.24) is 9.13 Å². The van der Waals surface area contributed by atoms with Crippen LogP contribution in [-0.2, 0) is 0 Å². The van der Waals surface area contributed by atoms with Crippen molar-refractivity contribution < 1.29 is 0 Å². The first kappa shape index (κ1) is 30.5. The minimum Gasteiger partial charge on any atom is -0.309 e. The maximum atomic E-state index is 4.56. The molecule has 4 heteroatoms. The summed E-state index contributed by atoms with van der Waals surface area (Å²) in [6, 6.07) is 38.8. The van der Waals surface area contributed by atoms with Crippen molar-refractivity contribution in [2.75, 3.05) is 5.75 Å². The van der Waals surface area contributed by atoms with Gasteiger partial charge in [-0.1, -0.05) is 104 Å². The Morgan fingerprint density at radius 1 is 0.635 bits per heavy atom. The van der Waals surface area contributed by atoms with E-state index in [1.54, 1.807) is 0 Å². The summed E-state index contributed by atoms with van der Waals surface area (Å²) < 4.78 is 5.00. The second kappa shape index (κ2) is 11.9. The summed E-state index contributed by atoms with van der Waals surface area (Å²) in [5.74, 6) is 1.53. The number of hydrogen-bond acceptors (Lipinski definition) is 2.